The average Bonchev–Trinajstić information content (AvgIpc) is 1.62. The third-order valence-corrected chi connectivity index (χ3v) is 0. The normalized spacial score (nSPS) is 11.2. The fourth-order valence-corrected chi connectivity index (χ4v) is 0. The third-order valence-electron chi connectivity index (χ3n) is 0. The Balaban J connectivity index is -0.0000000533. The summed E-state index contributed by atoms with van der Waals surface area (Å²) in [6, 6.07) is 0. The van der Waals surface area contributed by atoms with Gasteiger partial charge in [-0.2, -0.15) is 0 Å². The molecule has 136 valence electrons. The van der Waals surface area contributed by atoms with E-state index in [0.29, 0.717) is 0 Å². The maximum atomic E-state index is 8.94. The molecule has 21 heteroatoms. The summed E-state index contributed by atoms with van der Waals surface area (Å²) in [6.07, 6.45) is 0. The molecule has 0 aliphatic rings. The van der Waals surface area contributed by atoms with E-state index < -0.39 is 38.0 Å². The number of halogens is 1. The van der Waals surface area contributed by atoms with Gasteiger partial charge >= 0.3 is 54.0 Å². The summed E-state index contributed by atoms with van der Waals surface area (Å²) in [7, 11) is -13.9. The van der Waals surface area contributed by atoms with Crippen LogP contribution in [-0.2, 0) is 17.4 Å². The molecule has 12 N–H and O–H groups in total. The van der Waals surface area contributed by atoms with Gasteiger partial charge in [0.2, 0.25) is 0 Å². The van der Waals surface area contributed by atoms with Gasteiger partial charge in [0.05, 0.1) is 0 Å². The summed E-state index contributed by atoms with van der Waals surface area (Å²) in [5.74, 6) is 0. The van der Waals surface area contributed by atoms with Crippen molar-refractivity contribution in [2.24, 2.45) is 0 Å². The van der Waals surface area contributed by atoms with Gasteiger partial charge < -0.3 is 44.0 Å². The molecule has 0 unspecified atom stereocenters. The molecule has 0 fully saturated rings. The van der Waals surface area contributed by atoms with Crippen molar-refractivity contribution in [3.63, 3.8) is 0 Å². The molecule has 0 amide bonds. The molecule has 0 aromatic rings. The molecule has 0 spiro atoms. The van der Waals surface area contributed by atoms with E-state index in [-0.39, 0.29) is 4.70 Å². The number of hydrogen-bond donors (Lipinski definition) is 12. The summed E-state index contributed by atoms with van der Waals surface area (Å²) in [6.45, 7) is 0. The van der Waals surface area contributed by atoms with E-state index in [1.165, 1.54) is 0 Å². The van der Waals surface area contributed by atoms with Crippen molar-refractivity contribution >= 4 is 38.0 Å². The van der Waals surface area contributed by atoms with Gasteiger partial charge in [0.1, 0.15) is 0 Å². The van der Waals surface area contributed by atoms with Crippen LogP contribution < -0.4 is 0 Å². The van der Waals surface area contributed by atoms with E-state index >= 15 is 0 Å². The predicted octanol–water partition coefficient (Wildman–Crippen LogP) is -4.80. The fourth-order valence-electron chi connectivity index (χ4n) is 0. The molecule has 16 nitrogen and oxygen atoms in total. The molecule has 0 aromatic carbocycles. The number of rotatable bonds is 0. The Morgan fingerprint density at radius 3 is 0.524 bits per heavy atom. The van der Waals surface area contributed by atoms with E-state index in [0.717, 1.165) is 0 Å². The van der Waals surface area contributed by atoms with Crippen molar-refractivity contribution in [2.75, 3.05) is 0 Å². The van der Waals surface area contributed by atoms with E-state index in [9.17, 15) is 0 Å². The molecular weight excluding hydrogens is 443 g/mol. The van der Waals surface area contributed by atoms with Gasteiger partial charge in [-0.1, -0.05) is 0 Å². The second-order valence-electron chi connectivity index (χ2n) is 2.05. The summed E-state index contributed by atoms with van der Waals surface area (Å²) in [5.41, 5.74) is 0. The third kappa shape index (κ3) is 28200. The van der Waals surface area contributed by atoms with E-state index in [1.807, 2.05) is 0 Å². The summed E-state index contributed by atoms with van der Waals surface area (Å²) in [4.78, 5) is 64.7. The molecule has 0 saturated heterocycles. The number of phosphoric acid groups is 3. The van der Waals surface area contributed by atoms with Crippen LogP contribution in [0, 0.1) is 0 Å². The van der Waals surface area contributed by atoms with Gasteiger partial charge in [-0.3, -0.25) is 4.70 Å². The molecule has 0 rings (SSSR count). The van der Waals surface area contributed by atoms with Crippen LogP contribution in [0.1, 0.15) is 0 Å². The Hall–Kier alpha value is 0.498. The topological polar surface area (TPSA) is 311 Å². The van der Waals surface area contributed by atoms with Crippen LogP contribution in [0.15, 0.2) is 0 Å². The van der Waals surface area contributed by atoms with Gasteiger partial charge in [0.15, 0.2) is 0 Å². The van der Waals surface area contributed by atoms with Crippen LogP contribution in [0.25, 0.3) is 0 Å². The van der Waals surface area contributed by atoms with Gasteiger partial charge in [-0.15, -0.1) is 0 Å². The average molecular weight is 456 g/mol. The van der Waals surface area contributed by atoms with Crippen molar-refractivity contribution in [1.82, 2.24) is 0 Å². The minimum absolute atomic E-state index is 0. The van der Waals surface area contributed by atoms with Gasteiger partial charge in [0.25, 0.3) is 0 Å². The predicted molar refractivity (Wildman–Crippen MR) is 58.4 cm³/mol. The van der Waals surface area contributed by atoms with Crippen molar-refractivity contribution in [2.45, 2.75) is 0 Å². The molecule has 0 heterocycles. The monoisotopic (exact) mass is 456 g/mol. The van der Waals surface area contributed by atoms with Gasteiger partial charge in [-0.25, -0.2) is 13.7 Å². The van der Waals surface area contributed by atoms with Crippen molar-refractivity contribution in [3.8, 4) is 0 Å². The van der Waals surface area contributed by atoms with E-state index in [1.54, 1.807) is 0 Å². The fraction of sp³-hybridized carbons (Fsp3) is 0. The van der Waals surface area contributed by atoms with Crippen LogP contribution in [0.5, 0.6) is 0 Å². The first kappa shape index (κ1) is 33.2. The zero-order valence-electron chi connectivity index (χ0n) is 9.20. The molecule has 0 saturated carbocycles. The summed E-state index contributed by atoms with van der Waals surface area (Å²) < 4.78 is 57.3. The molecule has 0 bridgehead atoms. The Morgan fingerprint density at radius 2 is 0.524 bits per heavy atom. The standard InChI is InChI=1S/AsH3O4.FH.3H3O4P/c2-1(3,4)5;;3*1-5(2,3)4/h(H3,2,3,4,5);1H;3*(H3,1,2,3,4). The first-order valence-electron chi connectivity index (χ1n) is 3.13. The zero-order valence-corrected chi connectivity index (χ0v) is 13.8. The molecule has 0 atom stereocenters. The second kappa shape index (κ2) is 13.0. The molecule has 21 heavy (non-hydrogen) atoms. The number of hydrogen-bond acceptors (Lipinski definition) is 4. The minimum atomic E-state index is -5.12. The van der Waals surface area contributed by atoms with Crippen LogP contribution in [-0.4, -0.2) is 70.8 Å². The van der Waals surface area contributed by atoms with Crippen LogP contribution in [0.4, 0.5) is 4.70 Å². The van der Waals surface area contributed by atoms with E-state index in [2.05, 4.69) is 0 Å². The van der Waals surface area contributed by atoms with Gasteiger partial charge in [-0.05, 0) is 0 Å². The maximum absolute atomic E-state index is 8.94. The Morgan fingerprint density at radius 1 is 0.524 bits per heavy atom. The Labute approximate surface area is 117 Å². The van der Waals surface area contributed by atoms with Crippen LogP contribution in [0.3, 0.4) is 0 Å². The second-order valence-corrected chi connectivity index (χ2v) is 7.29. The van der Waals surface area contributed by atoms with Crippen molar-refractivity contribution in [1.29, 1.82) is 0 Å². The van der Waals surface area contributed by atoms with E-state index in [4.69, 9.17) is 73.8 Å². The Bertz CT molecular complexity index is 288. The van der Waals surface area contributed by atoms with Crippen molar-refractivity contribution < 1.29 is 78.5 Å². The molecule has 0 aromatic heterocycles. The quantitative estimate of drug-likeness (QED) is 0.120. The SMILES string of the molecule is F.O=P(O)(O)O.O=P(O)(O)O.O=P(O)(O)O.O=[As](O)(O)O. The molecule has 0 radical (unpaired) electrons. The molecule has 0 aliphatic carbocycles. The Kier molecular flexibility index (Phi) is 20.5. The molecular formula is H13AsFO16P3. The summed E-state index contributed by atoms with van der Waals surface area (Å²) >= 11 is -5.12. The first-order valence-corrected chi connectivity index (χ1v) is 11.1. The zero-order chi connectivity index (χ0) is 18.0. The van der Waals surface area contributed by atoms with Crippen molar-refractivity contribution in [3.05, 3.63) is 0 Å². The first-order chi connectivity index (χ1) is 8.00. The molecule has 0 aliphatic heterocycles. The van der Waals surface area contributed by atoms with Gasteiger partial charge in [0, 0.05) is 0 Å². The van der Waals surface area contributed by atoms with Crippen LogP contribution >= 0.6 is 23.5 Å². The summed E-state index contributed by atoms with van der Waals surface area (Å²) in [5, 5.41) is 0. The van der Waals surface area contributed by atoms with Crippen LogP contribution in [0.2, 0.25) is 0 Å².